The first-order valence-corrected chi connectivity index (χ1v) is 8.89. The first-order valence-electron chi connectivity index (χ1n) is 8.89. The molecule has 1 aliphatic heterocycles. The Morgan fingerprint density at radius 1 is 1.22 bits per heavy atom. The molecule has 3 aromatic rings. The largest absolute Gasteiger partial charge is 0.471 e. The zero-order chi connectivity index (χ0) is 18.6. The maximum atomic E-state index is 12.3. The lowest BCUT2D eigenvalue weighted by atomic mass is 9.97. The van der Waals surface area contributed by atoms with Gasteiger partial charge in [-0.2, -0.15) is 9.97 Å². The van der Waals surface area contributed by atoms with Gasteiger partial charge in [0.15, 0.2) is 5.65 Å². The fraction of sp³-hybridized carbons (Fsp3) is 0.333. The Kier molecular flexibility index (Phi) is 4.84. The van der Waals surface area contributed by atoms with E-state index in [0.29, 0.717) is 23.7 Å². The van der Waals surface area contributed by atoms with Crippen molar-refractivity contribution in [2.75, 3.05) is 24.1 Å². The second-order valence-corrected chi connectivity index (χ2v) is 6.49. The summed E-state index contributed by atoms with van der Waals surface area (Å²) in [7, 11) is 0. The molecule has 0 bridgehead atoms. The van der Waals surface area contributed by atoms with E-state index in [4.69, 9.17) is 10.5 Å². The van der Waals surface area contributed by atoms with Crippen LogP contribution in [0.5, 0.6) is 5.88 Å². The maximum absolute atomic E-state index is 12.3. The van der Waals surface area contributed by atoms with E-state index in [-0.39, 0.29) is 17.8 Å². The average Bonchev–Trinajstić information content (AvgIpc) is 3.16. The van der Waals surface area contributed by atoms with Gasteiger partial charge >= 0.3 is 0 Å². The minimum atomic E-state index is 0.0781. The molecule has 0 unspecified atom stereocenters. The van der Waals surface area contributed by atoms with Gasteiger partial charge in [0.25, 0.3) is 0 Å². The Morgan fingerprint density at radius 2 is 2.00 bits per heavy atom. The number of nitrogen functional groups attached to an aromatic ring is 1. The standard InChI is InChI=1S/C18H21N7O2/c19-18-24-15-14(21-10-22-15)17(25-18)27-9-11-1-3-13(4-2-11)23-16(26)12-5-7-20-8-6-12/h1-4,10,12,20H,5-9H2,(H,23,26)(H3,19,21,22,24,25). The summed E-state index contributed by atoms with van der Waals surface area (Å²) in [4.78, 5) is 27.4. The van der Waals surface area contributed by atoms with Crippen LogP contribution in [-0.2, 0) is 11.4 Å². The number of amides is 1. The minimum Gasteiger partial charge on any atom is -0.471 e. The highest BCUT2D eigenvalue weighted by molar-refractivity contribution is 5.92. The smallest absolute Gasteiger partial charge is 0.245 e. The summed E-state index contributed by atoms with van der Waals surface area (Å²) in [6.45, 7) is 2.10. The van der Waals surface area contributed by atoms with Gasteiger partial charge in [0, 0.05) is 11.6 Å². The SMILES string of the molecule is Nc1nc(OCc2ccc(NC(=O)C3CCNCC3)cc2)c2[nH]cnc2n1. The molecule has 27 heavy (non-hydrogen) atoms. The molecule has 0 atom stereocenters. The number of rotatable bonds is 5. The van der Waals surface area contributed by atoms with E-state index < -0.39 is 0 Å². The summed E-state index contributed by atoms with van der Waals surface area (Å²) < 4.78 is 5.76. The van der Waals surface area contributed by atoms with Gasteiger partial charge in [-0.15, -0.1) is 0 Å². The van der Waals surface area contributed by atoms with Crippen LogP contribution in [0.15, 0.2) is 30.6 Å². The van der Waals surface area contributed by atoms with Crippen molar-refractivity contribution >= 4 is 28.7 Å². The van der Waals surface area contributed by atoms with Crippen LogP contribution in [-0.4, -0.2) is 38.9 Å². The minimum absolute atomic E-state index is 0.0781. The fourth-order valence-corrected chi connectivity index (χ4v) is 3.09. The van der Waals surface area contributed by atoms with E-state index in [0.717, 1.165) is 37.2 Å². The number of hydrogen-bond acceptors (Lipinski definition) is 7. The number of fused-ring (bicyclic) bond motifs is 1. The summed E-state index contributed by atoms with van der Waals surface area (Å²) in [6.07, 6.45) is 3.27. The molecule has 0 radical (unpaired) electrons. The van der Waals surface area contributed by atoms with E-state index in [2.05, 4.69) is 30.6 Å². The highest BCUT2D eigenvalue weighted by Gasteiger charge is 2.20. The van der Waals surface area contributed by atoms with Crippen LogP contribution in [0.25, 0.3) is 11.2 Å². The third-order valence-corrected chi connectivity index (χ3v) is 4.58. The summed E-state index contributed by atoms with van der Waals surface area (Å²) in [6, 6.07) is 7.56. The highest BCUT2D eigenvalue weighted by atomic mass is 16.5. The number of benzene rings is 1. The number of ether oxygens (including phenoxy) is 1. The van der Waals surface area contributed by atoms with Gasteiger partial charge in [-0.1, -0.05) is 12.1 Å². The van der Waals surface area contributed by atoms with Crippen LogP contribution < -0.4 is 21.1 Å². The van der Waals surface area contributed by atoms with Gasteiger partial charge in [0.2, 0.25) is 17.7 Å². The molecule has 3 heterocycles. The van der Waals surface area contributed by atoms with Crippen molar-refractivity contribution in [2.45, 2.75) is 19.4 Å². The van der Waals surface area contributed by atoms with Crippen LogP contribution in [0, 0.1) is 5.92 Å². The number of carbonyl (C=O) groups is 1. The van der Waals surface area contributed by atoms with E-state index in [1.807, 2.05) is 24.3 Å². The van der Waals surface area contributed by atoms with Crippen LogP contribution in [0.1, 0.15) is 18.4 Å². The van der Waals surface area contributed by atoms with Crippen LogP contribution in [0.2, 0.25) is 0 Å². The van der Waals surface area contributed by atoms with Crippen molar-refractivity contribution in [3.05, 3.63) is 36.2 Å². The van der Waals surface area contributed by atoms with Gasteiger partial charge in [0.1, 0.15) is 12.1 Å². The van der Waals surface area contributed by atoms with E-state index in [1.165, 1.54) is 6.33 Å². The zero-order valence-electron chi connectivity index (χ0n) is 14.7. The number of anilines is 2. The lowest BCUT2D eigenvalue weighted by molar-refractivity contribution is -0.120. The molecule has 0 spiro atoms. The first-order chi connectivity index (χ1) is 13.2. The molecule has 1 fully saturated rings. The average molecular weight is 367 g/mol. The quantitative estimate of drug-likeness (QED) is 0.537. The van der Waals surface area contributed by atoms with Gasteiger partial charge in [0.05, 0.1) is 6.33 Å². The maximum Gasteiger partial charge on any atom is 0.245 e. The molecule has 1 amide bonds. The summed E-state index contributed by atoms with van der Waals surface area (Å²) in [5.41, 5.74) is 8.48. The molecule has 1 aromatic carbocycles. The normalized spacial score (nSPS) is 15.0. The van der Waals surface area contributed by atoms with Crippen molar-refractivity contribution in [3.8, 4) is 5.88 Å². The molecule has 1 aliphatic rings. The van der Waals surface area contributed by atoms with Crippen LogP contribution in [0.4, 0.5) is 11.6 Å². The topological polar surface area (TPSA) is 131 Å². The molecule has 0 aliphatic carbocycles. The lowest BCUT2D eigenvalue weighted by Gasteiger charge is -2.21. The van der Waals surface area contributed by atoms with Crippen LogP contribution >= 0.6 is 0 Å². The Hall–Kier alpha value is -3.20. The second kappa shape index (κ2) is 7.58. The summed E-state index contributed by atoms with van der Waals surface area (Å²) >= 11 is 0. The van der Waals surface area contributed by atoms with Gasteiger partial charge < -0.3 is 26.1 Å². The van der Waals surface area contributed by atoms with Gasteiger partial charge in [-0.3, -0.25) is 4.79 Å². The molecule has 2 aromatic heterocycles. The third kappa shape index (κ3) is 3.98. The molecule has 1 saturated heterocycles. The molecule has 4 rings (SSSR count). The molecule has 5 N–H and O–H groups in total. The van der Waals surface area contributed by atoms with E-state index in [1.54, 1.807) is 0 Å². The molecular formula is C18H21N7O2. The van der Waals surface area contributed by atoms with Gasteiger partial charge in [-0.05, 0) is 43.6 Å². The number of hydrogen-bond donors (Lipinski definition) is 4. The van der Waals surface area contributed by atoms with E-state index >= 15 is 0 Å². The molecule has 140 valence electrons. The predicted molar refractivity (Wildman–Crippen MR) is 101 cm³/mol. The molecular weight excluding hydrogens is 346 g/mol. The van der Waals surface area contributed by atoms with Crippen molar-refractivity contribution in [1.29, 1.82) is 0 Å². The Bertz CT molecular complexity index is 933. The number of carbonyl (C=O) groups excluding carboxylic acids is 1. The first kappa shape index (κ1) is 17.2. The molecule has 9 nitrogen and oxygen atoms in total. The summed E-state index contributed by atoms with van der Waals surface area (Å²) in [5, 5.41) is 6.25. The van der Waals surface area contributed by atoms with Crippen molar-refractivity contribution in [3.63, 3.8) is 0 Å². The van der Waals surface area contributed by atoms with Gasteiger partial charge in [-0.25, -0.2) is 4.98 Å². The van der Waals surface area contributed by atoms with Crippen molar-refractivity contribution in [1.82, 2.24) is 25.3 Å². The number of imidazole rings is 1. The fourth-order valence-electron chi connectivity index (χ4n) is 3.09. The number of aromatic nitrogens is 4. The number of piperidine rings is 1. The Balaban J connectivity index is 1.37. The summed E-state index contributed by atoms with van der Waals surface area (Å²) in [5.74, 6) is 0.631. The number of nitrogens with two attached hydrogens (primary N) is 1. The second-order valence-electron chi connectivity index (χ2n) is 6.49. The Labute approximate surface area is 155 Å². The monoisotopic (exact) mass is 367 g/mol. The molecule has 0 saturated carbocycles. The zero-order valence-corrected chi connectivity index (χ0v) is 14.7. The number of nitrogens with one attached hydrogen (secondary N) is 3. The number of nitrogens with zero attached hydrogens (tertiary/aromatic N) is 3. The van der Waals surface area contributed by atoms with Crippen LogP contribution in [0.3, 0.4) is 0 Å². The van der Waals surface area contributed by atoms with Crippen molar-refractivity contribution in [2.24, 2.45) is 5.92 Å². The molecule has 9 heteroatoms. The third-order valence-electron chi connectivity index (χ3n) is 4.58. The predicted octanol–water partition coefficient (Wildman–Crippen LogP) is 1.45. The highest BCUT2D eigenvalue weighted by Crippen LogP contribution is 2.21. The lowest BCUT2D eigenvalue weighted by Crippen LogP contribution is -2.34. The Morgan fingerprint density at radius 3 is 2.78 bits per heavy atom. The van der Waals surface area contributed by atoms with E-state index in [9.17, 15) is 4.79 Å². The number of aromatic amines is 1. The van der Waals surface area contributed by atoms with Crippen molar-refractivity contribution < 1.29 is 9.53 Å². The number of H-pyrrole nitrogens is 1.